The number of hydrogen-bond donors (Lipinski definition) is 3. The molecule has 2 aromatic carbocycles. The minimum atomic E-state index is 0.0101. The van der Waals surface area contributed by atoms with Gasteiger partial charge in [-0.05, 0) is 59.0 Å². The standard InChI is InChI=1S/C27H28N8O2/c1-36-23-6-5-17-10-24(23)37-16-19-4-2-3-18(9-19)14-35-15-20(13-30-35)21(7-8-29-12-17)22-11-25(28)31-27-26(22)32-34-33-27/h2-6,9-11,13,15,21,29H,7-8,12,14,16H2,1H3,(H3,28,31,32,33,34). The fourth-order valence-corrected chi connectivity index (χ4v) is 4.88. The summed E-state index contributed by atoms with van der Waals surface area (Å²) in [7, 11) is 1.66. The van der Waals surface area contributed by atoms with Crippen molar-refractivity contribution < 1.29 is 9.47 Å². The monoisotopic (exact) mass is 496 g/mol. The number of methoxy groups -OCH3 is 1. The Labute approximate surface area is 213 Å². The first-order valence-corrected chi connectivity index (χ1v) is 12.2. The average Bonchev–Trinajstić information content (AvgIpc) is 3.56. The number of aromatic amines is 1. The molecular formula is C27H28N8O2. The second kappa shape index (κ2) is 9.90. The Hall–Kier alpha value is -4.44. The molecule has 0 fully saturated rings. The van der Waals surface area contributed by atoms with E-state index in [1.165, 1.54) is 0 Å². The number of aromatic nitrogens is 6. The van der Waals surface area contributed by atoms with Gasteiger partial charge in [0.15, 0.2) is 11.5 Å². The van der Waals surface area contributed by atoms with Crippen molar-refractivity contribution in [3.8, 4) is 11.5 Å². The molecule has 3 aromatic heterocycles. The number of nitrogens with zero attached hydrogens (tertiary/aromatic N) is 5. The van der Waals surface area contributed by atoms with Gasteiger partial charge in [0.25, 0.3) is 0 Å². The molecule has 5 aromatic rings. The first-order valence-electron chi connectivity index (χ1n) is 12.2. The van der Waals surface area contributed by atoms with Crippen molar-refractivity contribution in [1.82, 2.24) is 35.5 Å². The molecule has 10 heteroatoms. The Morgan fingerprint density at radius 3 is 2.92 bits per heavy atom. The maximum absolute atomic E-state index is 6.17. The topological polar surface area (TPSA) is 129 Å². The maximum Gasteiger partial charge on any atom is 0.203 e. The molecule has 0 radical (unpaired) electrons. The zero-order chi connectivity index (χ0) is 25.2. The lowest BCUT2D eigenvalue weighted by Gasteiger charge is -2.17. The molecule has 1 atom stereocenters. The second-order valence-electron chi connectivity index (χ2n) is 9.22. The zero-order valence-electron chi connectivity index (χ0n) is 20.5. The molecule has 6 rings (SSSR count). The van der Waals surface area contributed by atoms with E-state index in [1.54, 1.807) is 7.11 Å². The van der Waals surface area contributed by atoms with E-state index < -0.39 is 0 Å². The number of benzene rings is 2. The van der Waals surface area contributed by atoms with Gasteiger partial charge in [-0.2, -0.15) is 15.4 Å². The molecule has 0 aliphatic carbocycles. The smallest absolute Gasteiger partial charge is 0.203 e. The highest BCUT2D eigenvalue weighted by Crippen LogP contribution is 2.33. The van der Waals surface area contributed by atoms with Crippen LogP contribution >= 0.6 is 0 Å². The van der Waals surface area contributed by atoms with E-state index in [0.717, 1.165) is 52.0 Å². The molecule has 188 valence electrons. The summed E-state index contributed by atoms with van der Waals surface area (Å²) in [6, 6.07) is 16.3. The normalized spacial score (nSPS) is 16.2. The van der Waals surface area contributed by atoms with Crippen molar-refractivity contribution in [2.24, 2.45) is 0 Å². The van der Waals surface area contributed by atoms with Crippen molar-refractivity contribution in [3.63, 3.8) is 0 Å². The molecule has 1 unspecified atom stereocenters. The quantitative estimate of drug-likeness (QED) is 0.339. The first-order chi connectivity index (χ1) is 18.2. The fraction of sp³-hybridized carbons (Fsp3) is 0.259. The molecule has 37 heavy (non-hydrogen) atoms. The van der Waals surface area contributed by atoms with E-state index in [2.05, 4.69) is 61.3 Å². The van der Waals surface area contributed by atoms with Crippen LogP contribution in [0.4, 0.5) is 5.82 Å². The Morgan fingerprint density at radius 2 is 2.00 bits per heavy atom. The van der Waals surface area contributed by atoms with Crippen LogP contribution in [0.3, 0.4) is 0 Å². The van der Waals surface area contributed by atoms with E-state index in [4.69, 9.17) is 15.2 Å². The van der Waals surface area contributed by atoms with Gasteiger partial charge in [-0.3, -0.25) is 4.68 Å². The Bertz CT molecular complexity index is 1540. The van der Waals surface area contributed by atoms with Gasteiger partial charge in [0, 0.05) is 18.7 Å². The molecule has 0 saturated carbocycles. The molecule has 4 heterocycles. The van der Waals surface area contributed by atoms with Crippen molar-refractivity contribution in [3.05, 3.63) is 88.7 Å². The zero-order valence-corrected chi connectivity index (χ0v) is 20.5. The van der Waals surface area contributed by atoms with Crippen LogP contribution in [0.5, 0.6) is 11.5 Å². The number of ether oxygens (including phenoxy) is 2. The summed E-state index contributed by atoms with van der Waals surface area (Å²) in [5.41, 5.74) is 12.8. The fourth-order valence-electron chi connectivity index (χ4n) is 4.88. The van der Waals surface area contributed by atoms with Crippen molar-refractivity contribution in [2.45, 2.75) is 32.0 Å². The summed E-state index contributed by atoms with van der Waals surface area (Å²) >= 11 is 0. The summed E-state index contributed by atoms with van der Waals surface area (Å²) in [5.74, 6) is 1.87. The summed E-state index contributed by atoms with van der Waals surface area (Å²) in [5, 5.41) is 19.5. The van der Waals surface area contributed by atoms with E-state index in [9.17, 15) is 0 Å². The third-order valence-corrected chi connectivity index (χ3v) is 6.67. The number of nitrogens with two attached hydrogens (primary N) is 1. The third-order valence-electron chi connectivity index (χ3n) is 6.67. The Balaban J connectivity index is 1.38. The average molecular weight is 497 g/mol. The highest BCUT2D eigenvalue weighted by atomic mass is 16.5. The maximum atomic E-state index is 6.17. The molecule has 4 N–H and O–H groups in total. The number of nitrogen functional groups attached to an aromatic ring is 1. The number of hydrogen-bond acceptors (Lipinski definition) is 8. The first kappa shape index (κ1) is 23.0. The van der Waals surface area contributed by atoms with Crippen LogP contribution in [0.25, 0.3) is 11.2 Å². The van der Waals surface area contributed by atoms with Gasteiger partial charge >= 0.3 is 0 Å². The number of nitrogens with one attached hydrogen (secondary N) is 2. The lowest BCUT2D eigenvalue weighted by Crippen LogP contribution is -2.18. The van der Waals surface area contributed by atoms with Gasteiger partial charge in [0.2, 0.25) is 5.65 Å². The third kappa shape index (κ3) is 4.83. The van der Waals surface area contributed by atoms with Crippen LogP contribution in [0.15, 0.2) is 60.9 Å². The van der Waals surface area contributed by atoms with E-state index >= 15 is 0 Å². The molecule has 0 spiro atoms. The SMILES string of the molecule is COc1ccc2cc1OCc1cccc(c1)Cn1cc(cn1)C(c1cc(N)nc3n[nH]nc13)CCNC2. The Morgan fingerprint density at radius 1 is 1.08 bits per heavy atom. The van der Waals surface area contributed by atoms with Crippen molar-refractivity contribution in [1.29, 1.82) is 0 Å². The lowest BCUT2D eigenvalue weighted by molar-refractivity contribution is 0.284. The Kier molecular flexibility index (Phi) is 6.15. The number of anilines is 1. The van der Waals surface area contributed by atoms with Gasteiger partial charge in [-0.25, -0.2) is 4.98 Å². The molecule has 10 nitrogen and oxygen atoms in total. The van der Waals surface area contributed by atoms with Crippen LogP contribution in [0.2, 0.25) is 0 Å². The largest absolute Gasteiger partial charge is 0.493 e. The lowest BCUT2D eigenvalue weighted by atomic mass is 9.90. The predicted molar refractivity (Wildman–Crippen MR) is 139 cm³/mol. The number of pyridine rings is 1. The van der Waals surface area contributed by atoms with Gasteiger partial charge in [-0.15, -0.1) is 5.10 Å². The molecule has 0 saturated heterocycles. The second-order valence-corrected chi connectivity index (χ2v) is 9.22. The van der Waals surface area contributed by atoms with E-state index in [-0.39, 0.29) is 5.92 Å². The highest BCUT2D eigenvalue weighted by molar-refractivity contribution is 5.77. The minimum absolute atomic E-state index is 0.0101. The summed E-state index contributed by atoms with van der Waals surface area (Å²) < 4.78 is 13.7. The van der Waals surface area contributed by atoms with Gasteiger partial charge < -0.3 is 20.5 Å². The number of rotatable bonds is 2. The van der Waals surface area contributed by atoms with Crippen LogP contribution in [0.1, 0.15) is 40.2 Å². The number of fused-ring (bicyclic) bond motifs is 7. The molecule has 1 aliphatic rings. The molecule has 1 aliphatic heterocycles. The summed E-state index contributed by atoms with van der Waals surface area (Å²) in [6.07, 6.45) is 4.84. The van der Waals surface area contributed by atoms with Crippen molar-refractivity contribution in [2.75, 3.05) is 19.4 Å². The molecule has 0 amide bonds. The van der Waals surface area contributed by atoms with E-state index in [1.807, 2.05) is 35.1 Å². The van der Waals surface area contributed by atoms with Crippen LogP contribution < -0.4 is 20.5 Å². The van der Waals surface area contributed by atoms with Crippen LogP contribution in [-0.4, -0.2) is 43.8 Å². The highest BCUT2D eigenvalue weighted by Gasteiger charge is 2.22. The van der Waals surface area contributed by atoms with Gasteiger partial charge in [0.05, 0.1) is 19.9 Å². The summed E-state index contributed by atoms with van der Waals surface area (Å²) in [6.45, 7) is 2.56. The minimum Gasteiger partial charge on any atom is -0.493 e. The summed E-state index contributed by atoms with van der Waals surface area (Å²) in [4.78, 5) is 4.32. The van der Waals surface area contributed by atoms with E-state index in [0.29, 0.717) is 36.9 Å². The predicted octanol–water partition coefficient (Wildman–Crippen LogP) is 3.39. The van der Waals surface area contributed by atoms with Crippen LogP contribution in [-0.2, 0) is 19.7 Å². The molecular weight excluding hydrogens is 468 g/mol. The van der Waals surface area contributed by atoms with Crippen LogP contribution in [0, 0.1) is 0 Å². The van der Waals surface area contributed by atoms with Gasteiger partial charge in [0.1, 0.15) is 17.9 Å². The van der Waals surface area contributed by atoms with Crippen molar-refractivity contribution >= 4 is 17.0 Å². The number of H-pyrrole nitrogens is 1. The molecule has 6 bridgehead atoms. The van der Waals surface area contributed by atoms with Gasteiger partial charge in [-0.1, -0.05) is 30.3 Å².